The number of benzene rings is 1. The molecule has 2 fully saturated rings. The van der Waals surface area contributed by atoms with Gasteiger partial charge >= 0.3 is 0 Å². The van der Waals surface area contributed by atoms with E-state index in [0.29, 0.717) is 0 Å². The topological polar surface area (TPSA) is 43.8 Å². The molecule has 1 aromatic rings. The summed E-state index contributed by atoms with van der Waals surface area (Å²) in [5, 5.41) is 9.02. The standard InChI is InChI=1S/C16H22N2O2/c19-12-13-4-6-14(7-5-13)16(20)18-10-8-17(9-11-18)15-2-1-3-15/h4-7,15,19H,1-3,8-12H2. The number of aliphatic hydroxyl groups excluding tert-OH is 1. The zero-order valence-corrected chi connectivity index (χ0v) is 11.8. The second kappa shape index (κ2) is 5.94. The van der Waals surface area contributed by atoms with Gasteiger partial charge in [-0.25, -0.2) is 0 Å². The molecule has 1 aliphatic carbocycles. The maximum absolute atomic E-state index is 12.4. The molecule has 1 saturated carbocycles. The van der Waals surface area contributed by atoms with Crippen molar-refractivity contribution in [2.45, 2.75) is 31.9 Å². The molecule has 4 heteroatoms. The van der Waals surface area contributed by atoms with Gasteiger partial charge in [0.25, 0.3) is 5.91 Å². The first-order chi connectivity index (χ1) is 9.78. The minimum Gasteiger partial charge on any atom is -0.392 e. The van der Waals surface area contributed by atoms with Gasteiger partial charge in [-0.15, -0.1) is 0 Å². The molecule has 0 aromatic heterocycles. The number of hydrogen-bond donors (Lipinski definition) is 1. The summed E-state index contributed by atoms with van der Waals surface area (Å²) in [6, 6.07) is 8.03. The summed E-state index contributed by atoms with van der Waals surface area (Å²) >= 11 is 0. The molecule has 0 atom stereocenters. The lowest BCUT2D eigenvalue weighted by molar-refractivity contribution is 0.0455. The Morgan fingerprint density at radius 2 is 1.75 bits per heavy atom. The van der Waals surface area contributed by atoms with Crippen LogP contribution in [0, 0.1) is 0 Å². The largest absolute Gasteiger partial charge is 0.392 e. The molecule has 1 aliphatic heterocycles. The molecule has 0 spiro atoms. The van der Waals surface area contributed by atoms with Gasteiger partial charge in [-0.05, 0) is 30.5 Å². The predicted molar refractivity (Wildman–Crippen MR) is 77.5 cm³/mol. The summed E-state index contributed by atoms with van der Waals surface area (Å²) in [5.41, 5.74) is 1.57. The minimum absolute atomic E-state index is 0.0224. The van der Waals surface area contributed by atoms with Crippen molar-refractivity contribution in [1.29, 1.82) is 0 Å². The Bertz CT molecular complexity index is 460. The highest BCUT2D eigenvalue weighted by molar-refractivity contribution is 5.94. The van der Waals surface area contributed by atoms with E-state index in [-0.39, 0.29) is 12.5 Å². The lowest BCUT2D eigenvalue weighted by atomic mass is 9.91. The highest BCUT2D eigenvalue weighted by Gasteiger charge is 2.29. The Morgan fingerprint density at radius 1 is 1.10 bits per heavy atom. The van der Waals surface area contributed by atoms with Crippen LogP contribution in [0.3, 0.4) is 0 Å². The molecule has 2 aliphatic rings. The van der Waals surface area contributed by atoms with Gasteiger partial charge in [0.2, 0.25) is 0 Å². The lowest BCUT2D eigenvalue weighted by Gasteiger charge is -2.42. The summed E-state index contributed by atoms with van der Waals surface area (Å²) in [7, 11) is 0. The first-order valence-electron chi connectivity index (χ1n) is 7.51. The molecule has 1 aromatic carbocycles. The van der Waals surface area contributed by atoms with Gasteiger partial charge < -0.3 is 10.0 Å². The number of piperazine rings is 1. The second-order valence-corrected chi connectivity index (χ2v) is 5.77. The molecule has 0 bridgehead atoms. The maximum atomic E-state index is 12.4. The van der Waals surface area contributed by atoms with Crippen LogP contribution in [0.15, 0.2) is 24.3 Å². The summed E-state index contributed by atoms with van der Waals surface area (Å²) < 4.78 is 0. The van der Waals surface area contributed by atoms with Gasteiger partial charge in [-0.2, -0.15) is 0 Å². The molecule has 1 amide bonds. The third kappa shape index (κ3) is 2.72. The van der Waals surface area contributed by atoms with Gasteiger partial charge in [0.05, 0.1) is 6.61 Å². The predicted octanol–water partition coefficient (Wildman–Crippen LogP) is 1.49. The van der Waals surface area contributed by atoms with Crippen molar-refractivity contribution in [2.75, 3.05) is 26.2 Å². The van der Waals surface area contributed by atoms with Crippen LogP contribution in [-0.4, -0.2) is 53.0 Å². The Labute approximate surface area is 120 Å². The monoisotopic (exact) mass is 274 g/mol. The molecular formula is C16H22N2O2. The number of carbonyl (C=O) groups is 1. The van der Waals surface area contributed by atoms with Gasteiger partial charge in [0, 0.05) is 37.8 Å². The molecule has 20 heavy (non-hydrogen) atoms. The number of nitrogens with zero attached hydrogens (tertiary/aromatic N) is 2. The molecule has 1 saturated heterocycles. The van der Waals surface area contributed by atoms with Crippen molar-refractivity contribution in [3.8, 4) is 0 Å². The fraction of sp³-hybridized carbons (Fsp3) is 0.562. The first kappa shape index (κ1) is 13.6. The number of carbonyl (C=O) groups excluding carboxylic acids is 1. The molecular weight excluding hydrogens is 252 g/mol. The summed E-state index contributed by atoms with van der Waals surface area (Å²) in [6.45, 7) is 3.69. The van der Waals surface area contributed by atoms with Crippen molar-refractivity contribution in [1.82, 2.24) is 9.80 Å². The quantitative estimate of drug-likeness (QED) is 0.908. The van der Waals surface area contributed by atoms with Crippen LogP contribution in [0.1, 0.15) is 35.2 Å². The first-order valence-corrected chi connectivity index (χ1v) is 7.51. The molecule has 0 unspecified atom stereocenters. The molecule has 1 heterocycles. The van der Waals surface area contributed by atoms with E-state index in [1.165, 1.54) is 19.3 Å². The second-order valence-electron chi connectivity index (χ2n) is 5.77. The Balaban J connectivity index is 1.57. The van der Waals surface area contributed by atoms with Gasteiger partial charge in [0.15, 0.2) is 0 Å². The van der Waals surface area contributed by atoms with Crippen molar-refractivity contribution < 1.29 is 9.90 Å². The van der Waals surface area contributed by atoms with E-state index in [4.69, 9.17) is 5.11 Å². The number of rotatable bonds is 3. The Morgan fingerprint density at radius 3 is 2.25 bits per heavy atom. The normalized spacial score (nSPS) is 20.8. The highest BCUT2D eigenvalue weighted by Crippen LogP contribution is 2.25. The SMILES string of the molecule is O=C(c1ccc(CO)cc1)N1CCN(C2CCC2)CC1. The zero-order chi connectivity index (χ0) is 13.9. The minimum atomic E-state index is 0.0224. The molecule has 3 rings (SSSR count). The van der Waals surface area contributed by atoms with Crippen LogP contribution in [0.4, 0.5) is 0 Å². The van der Waals surface area contributed by atoms with E-state index in [1.54, 1.807) is 0 Å². The number of hydrogen-bond acceptors (Lipinski definition) is 3. The van der Waals surface area contributed by atoms with Gasteiger partial charge in [-0.1, -0.05) is 18.6 Å². The molecule has 108 valence electrons. The van der Waals surface area contributed by atoms with Gasteiger partial charge in [-0.3, -0.25) is 9.69 Å². The van der Waals surface area contributed by atoms with Crippen LogP contribution < -0.4 is 0 Å². The molecule has 4 nitrogen and oxygen atoms in total. The van der Waals surface area contributed by atoms with Crippen LogP contribution in [0.5, 0.6) is 0 Å². The van der Waals surface area contributed by atoms with E-state index in [2.05, 4.69) is 4.90 Å². The van der Waals surface area contributed by atoms with Crippen molar-refractivity contribution in [3.05, 3.63) is 35.4 Å². The van der Waals surface area contributed by atoms with Crippen LogP contribution >= 0.6 is 0 Å². The third-order valence-electron chi connectivity index (χ3n) is 4.58. The van der Waals surface area contributed by atoms with E-state index >= 15 is 0 Å². The van der Waals surface area contributed by atoms with Gasteiger partial charge in [0.1, 0.15) is 0 Å². The average molecular weight is 274 g/mol. The van der Waals surface area contributed by atoms with Crippen LogP contribution in [-0.2, 0) is 6.61 Å². The summed E-state index contributed by atoms with van der Waals surface area (Å²) in [5.74, 6) is 0.114. The Hall–Kier alpha value is -1.39. The van der Waals surface area contributed by atoms with Crippen LogP contribution in [0.2, 0.25) is 0 Å². The number of aliphatic hydroxyl groups is 1. The molecule has 0 radical (unpaired) electrons. The lowest BCUT2D eigenvalue weighted by Crippen LogP contribution is -2.53. The average Bonchev–Trinajstić information content (AvgIpc) is 2.46. The van der Waals surface area contributed by atoms with E-state index in [0.717, 1.165) is 43.3 Å². The smallest absolute Gasteiger partial charge is 0.253 e. The third-order valence-corrected chi connectivity index (χ3v) is 4.58. The fourth-order valence-electron chi connectivity index (χ4n) is 2.98. The van der Waals surface area contributed by atoms with E-state index in [9.17, 15) is 4.79 Å². The number of amides is 1. The summed E-state index contributed by atoms with van der Waals surface area (Å²) in [4.78, 5) is 16.9. The zero-order valence-electron chi connectivity index (χ0n) is 11.8. The summed E-state index contributed by atoms with van der Waals surface area (Å²) in [6.07, 6.45) is 4.02. The van der Waals surface area contributed by atoms with E-state index < -0.39 is 0 Å². The van der Waals surface area contributed by atoms with Crippen LogP contribution in [0.25, 0.3) is 0 Å². The maximum Gasteiger partial charge on any atom is 0.253 e. The van der Waals surface area contributed by atoms with E-state index in [1.807, 2.05) is 29.2 Å². The highest BCUT2D eigenvalue weighted by atomic mass is 16.3. The fourth-order valence-corrected chi connectivity index (χ4v) is 2.98. The molecule has 1 N–H and O–H groups in total. The van der Waals surface area contributed by atoms with Crippen molar-refractivity contribution in [2.24, 2.45) is 0 Å². The Kier molecular flexibility index (Phi) is 4.03. The van der Waals surface area contributed by atoms with Crippen molar-refractivity contribution in [3.63, 3.8) is 0 Å². The van der Waals surface area contributed by atoms with Crippen molar-refractivity contribution >= 4 is 5.91 Å².